The third-order valence-corrected chi connectivity index (χ3v) is 2.35. The molecule has 0 fully saturated rings. The fraction of sp³-hybridized carbons (Fsp3) is 0. The van der Waals surface area contributed by atoms with E-state index in [0.29, 0.717) is 5.02 Å². The topological polar surface area (TPSA) is 80.3 Å². The van der Waals surface area contributed by atoms with E-state index in [4.69, 9.17) is 11.6 Å². The Morgan fingerprint density at radius 3 is 1.87 bits per heavy atom. The number of halogens is 1. The Morgan fingerprint density at radius 1 is 1.13 bits per heavy atom. The zero-order valence-electron chi connectivity index (χ0n) is 8.27. The van der Waals surface area contributed by atoms with Crippen LogP contribution in [-0.2, 0) is 4.57 Å². The SMILES string of the molecule is O=C(c1ccc(Cl)cc1)P(=O)([O-])[O-].[Na+].[Na+]. The third kappa shape index (κ3) is 5.99. The molecule has 70 valence electrons. The fourth-order valence-electron chi connectivity index (χ4n) is 0.751. The van der Waals surface area contributed by atoms with E-state index in [-0.39, 0.29) is 64.7 Å². The molecule has 0 spiro atoms. The first kappa shape index (κ1) is 18.7. The van der Waals surface area contributed by atoms with Crippen molar-refractivity contribution in [3.63, 3.8) is 0 Å². The second-order valence-electron chi connectivity index (χ2n) is 2.31. The van der Waals surface area contributed by atoms with Gasteiger partial charge in [-0.1, -0.05) is 11.6 Å². The van der Waals surface area contributed by atoms with Gasteiger partial charge in [0, 0.05) is 18.2 Å². The Balaban J connectivity index is 0. The Hall–Kier alpha value is 1.33. The van der Waals surface area contributed by atoms with Crippen molar-refractivity contribution in [1.29, 1.82) is 0 Å². The molecule has 0 amide bonds. The van der Waals surface area contributed by atoms with Crippen LogP contribution < -0.4 is 68.9 Å². The molecule has 8 heteroatoms. The van der Waals surface area contributed by atoms with Crippen molar-refractivity contribution in [2.75, 3.05) is 0 Å². The minimum absolute atomic E-state index is 0. The molecule has 0 atom stereocenters. The van der Waals surface area contributed by atoms with E-state index in [1.165, 1.54) is 24.3 Å². The predicted octanol–water partition coefficient (Wildman–Crippen LogP) is -5.60. The molecule has 1 rings (SSSR count). The van der Waals surface area contributed by atoms with E-state index >= 15 is 0 Å². The molecule has 0 heterocycles. The fourth-order valence-corrected chi connectivity index (χ4v) is 1.34. The summed E-state index contributed by atoms with van der Waals surface area (Å²) in [6.45, 7) is 0. The van der Waals surface area contributed by atoms with Crippen LogP contribution in [0.2, 0.25) is 5.02 Å². The van der Waals surface area contributed by atoms with Gasteiger partial charge in [-0.2, -0.15) is 0 Å². The van der Waals surface area contributed by atoms with Crippen molar-refractivity contribution in [3.05, 3.63) is 34.9 Å². The Labute approximate surface area is 136 Å². The van der Waals surface area contributed by atoms with E-state index in [0.717, 1.165) is 0 Å². The van der Waals surface area contributed by atoms with E-state index in [2.05, 4.69) is 0 Å². The standard InChI is InChI=1S/C7H6ClO4P.2Na/c8-6-3-1-5(2-4-6)7(9)13(10,11)12;;/h1-4H,(H2,10,11,12);;/q;2*+1/p-2. The molecule has 4 nitrogen and oxygen atoms in total. The zero-order valence-corrected chi connectivity index (χ0v) is 13.9. The first-order valence-corrected chi connectivity index (χ1v) is 5.16. The molecule has 0 unspecified atom stereocenters. The van der Waals surface area contributed by atoms with Gasteiger partial charge in [0.2, 0.25) is 0 Å². The molecule has 0 aromatic heterocycles. The summed E-state index contributed by atoms with van der Waals surface area (Å²) >= 11 is 5.49. The van der Waals surface area contributed by atoms with Gasteiger partial charge in [0.1, 0.15) is 0 Å². The number of benzene rings is 1. The van der Waals surface area contributed by atoms with E-state index < -0.39 is 13.1 Å². The van der Waals surface area contributed by atoms with Crippen LogP contribution in [0, 0.1) is 0 Å². The van der Waals surface area contributed by atoms with Crippen molar-refractivity contribution >= 4 is 24.7 Å². The van der Waals surface area contributed by atoms with Crippen LogP contribution >= 0.6 is 19.2 Å². The molecule has 1 aromatic carbocycles. The van der Waals surface area contributed by atoms with Crippen molar-refractivity contribution in [2.45, 2.75) is 0 Å². The summed E-state index contributed by atoms with van der Waals surface area (Å²) in [5.74, 6) is 0. The average Bonchev–Trinajstić information content (AvgIpc) is 2.03. The summed E-state index contributed by atoms with van der Waals surface area (Å²) in [6.07, 6.45) is 0. The maximum absolute atomic E-state index is 10.8. The molecule has 0 aliphatic rings. The number of carbonyl (C=O) groups excluding carboxylic acids is 1. The van der Waals surface area contributed by atoms with Gasteiger partial charge in [-0.3, -0.25) is 4.79 Å². The molecule has 15 heavy (non-hydrogen) atoms. The van der Waals surface area contributed by atoms with E-state index in [9.17, 15) is 19.1 Å². The van der Waals surface area contributed by atoms with Crippen LogP contribution in [0.15, 0.2) is 24.3 Å². The van der Waals surface area contributed by atoms with Gasteiger partial charge in [-0.25, -0.2) is 0 Å². The molecular formula is C7H4ClNa2O4P. The van der Waals surface area contributed by atoms with Crippen molar-refractivity contribution in [3.8, 4) is 0 Å². The Bertz CT molecular complexity index is 375. The quantitative estimate of drug-likeness (QED) is 0.394. The Kier molecular flexibility index (Phi) is 9.49. The molecule has 0 aliphatic heterocycles. The first-order valence-electron chi connectivity index (χ1n) is 3.24. The molecule has 1 aromatic rings. The van der Waals surface area contributed by atoms with Crippen LogP contribution in [0.4, 0.5) is 0 Å². The van der Waals surface area contributed by atoms with Crippen LogP contribution in [0.3, 0.4) is 0 Å². The summed E-state index contributed by atoms with van der Waals surface area (Å²) in [7, 11) is -5.18. The van der Waals surface area contributed by atoms with Gasteiger partial charge in [0.25, 0.3) is 0 Å². The van der Waals surface area contributed by atoms with Crippen molar-refractivity contribution in [1.82, 2.24) is 0 Å². The van der Waals surface area contributed by atoms with E-state index in [1.807, 2.05) is 0 Å². The normalized spacial score (nSPS) is 9.80. The summed E-state index contributed by atoms with van der Waals surface area (Å²) in [5, 5.41) is 0.364. The minimum atomic E-state index is -5.18. The predicted molar refractivity (Wildman–Crippen MR) is 43.4 cm³/mol. The van der Waals surface area contributed by atoms with Crippen LogP contribution in [0.25, 0.3) is 0 Å². The van der Waals surface area contributed by atoms with Crippen molar-refractivity contribution in [2.24, 2.45) is 0 Å². The van der Waals surface area contributed by atoms with Gasteiger partial charge in [-0.15, -0.1) is 0 Å². The molecule has 0 N–H and O–H groups in total. The smallest absolute Gasteiger partial charge is 0.805 e. The number of carbonyl (C=O) groups is 1. The van der Waals surface area contributed by atoms with Crippen LogP contribution in [0.1, 0.15) is 10.4 Å². The van der Waals surface area contributed by atoms with Crippen LogP contribution in [0.5, 0.6) is 0 Å². The number of rotatable bonds is 2. The first-order chi connectivity index (χ1) is 5.91. The van der Waals surface area contributed by atoms with Gasteiger partial charge in [-0.05, 0) is 24.3 Å². The maximum Gasteiger partial charge on any atom is 1.00 e. The summed E-state index contributed by atoms with van der Waals surface area (Å²) in [4.78, 5) is 31.5. The van der Waals surface area contributed by atoms with E-state index in [1.54, 1.807) is 0 Å². The molecule has 0 bridgehead atoms. The molecule has 0 saturated heterocycles. The minimum Gasteiger partial charge on any atom is -0.805 e. The van der Waals surface area contributed by atoms with Gasteiger partial charge < -0.3 is 14.4 Å². The van der Waals surface area contributed by atoms with Gasteiger partial charge >= 0.3 is 59.1 Å². The Morgan fingerprint density at radius 2 is 1.53 bits per heavy atom. The van der Waals surface area contributed by atoms with Gasteiger partial charge in [0.15, 0.2) is 5.52 Å². The average molecular weight is 265 g/mol. The zero-order chi connectivity index (χ0) is 10.1. The van der Waals surface area contributed by atoms with Crippen molar-refractivity contribution < 1.29 is 78.3 Å². The largest absolute Gasteiger partial charge is 1.00 e. The molecular weight excluding hydrogens is 260 g/mol. The summed E-state index contributed by atoms with van der Waals surface area (Å²) in [5.41, 5.74) is -1.58. The summed E-state index contributed by atoms with van der Waals surface area (Å²) < 4.78 is 10.3. The van der Waals surface area contributed by atoms with Gasteiger partial charge in [0.05, 0.1) is 0 Å². The number of hydrogen-bond donors (Lipinski definition) is 0. The number of hydrogen-bond acceptors (Lipinski definition) is 4. The third-order valence-electron chi connectivity index (χ3n) is 1.34. The molecule has 0 saturated carbocycles. The second kappa shape index (κ2) is 7.62. The molecule has 0 radical (unpaired) electrons. The monoisotopic (exact) mass is 264 g/mol. The van der Waals surface area contributed by atoms with Crippen LogP contribution in [-0.4, -0.2) is 5.52 Å². The second-order valence-corrected chi connectivity index (χ2v) is 4.15. The summed E-state index contributed by atoms with van der Waals surface area (Å²) in [6, 6.07) is 5.05. The molecule has 0 aliphatic carbocycles. The maximum atomic E-state index is 10.8.